The number of allylic oxidation sites excluding steroid dienone is 1. The maximum atomic E-state index is 11.7. The van der Waals surface area contributed by atoms with Crippen molar-refractivity contribution in [3.05, 3.63) is 29.1 Å². The summed E-state index contributed by atoms with van der Waals surface area (Å²) in [6.45, 7) is 0. The SMILES string of the molecule is N#C/C=C1\NC(=O)N(Nc2ccc(Cl)nn2)C1=O. The van der Waals surface area contributed by atoms with Crippen LogP contribution in [0, 0.1) is 11.3 Å². The van der Waals surface area contributed by atoms with Gasteiger partial charge in [-0.05, 0) is 12.1 Å². The van der Waals surface area contributed by atoms with Crippen molar-refractivity contribution >= 4 is 29.4 Å². The lowest BCUT2D eigenvalue weighted by atomic mass is 10.4. The number of nitrogens with zero attached hydrogens (tertiary/aromatic N) is 4. The number of hydrazine groups is 1. The van der Waals surface area contributed by atoms with Gasteiger partial charge in [-0.1, -0.05) is 11.6 Å². The van der Waals surface area contributed by atoms with Gasteiger partial charge in [0, 0.05) is 6.08 Å². The van der Waals surface area contributed by atoms with Crippen LogP contribution in [0.2, 0.25) is 5.15 Å². The molecule has 0 atom stereocenters. The fraction of sp³-hybridized carbons (Fsp3) is 0. The average molecular weight is 265 g/mol. The molecule has 90 valence electrons. The van der Waals surface area contributed by atoms with Crippen molar-refractivity contribution in [2.45, 2.75) is 0 Å². The van der Waals surface area contributed by atoms with Crippen molar-refractivity contribution in [3.63, 3.8) is 0 Å². The molecule has 1 aromatic rings. The molecule has 1 aliphatic rings. The number of hydrogen-bond acceptors (Lipinski definition) is 6. The summed E-state index contributed by atoms with van der Waals surface area (Å²) in [6, 6.07) is 3.84. The molecule has 2 rings (SSSR count). The summed E-state index contributed by atoms with van der Waals surface area (Å²) in [4.78, 5) is 23.1. The van der Waals surface area contributed by atoms with E-state index in [-0.39, 0.29) is 16.7 Å². The zero-order valence-corrected chi connectivity index (χ0v) is 9.47. The second kappa shape index (κ2) is 4.68. The molecule has 1 fully saturated rings. The number of imide groups is 1. The third kappa shape index (κ3) is 2.21. The van der Waals surface area contributed by atoms with E-state index in [2.05, 4.69) is 20.9 Å². The minimum Gasteiger partial charge on any atom is -0.300 e. The normalized spacial score (nSPS) is 16.7. The van der Waals surface area contributed by atoms with Gasteiger partial charge in [-0.2, -0.15) is 10.3 Å². The molecule has 1 aliphatic heterocycles. The van der Waals surface area contributed by atoms with Crippen molar-refractivity contribution in [2.24, 2.45) is 0 Å². The predicted octanol–water partition coefficient (Wildman–Crippen LogP) is 0.416. The van der Waals surface area contributed by atoms with Gasteiger partial charge in [0.1, 0.15) is 5.70 Å². The van der Waals surface area contributed by atoms with Crippen LogP contribution in [0.1, 0.15) is 0 Å². The van der Waals surface area contributed by atoms with Crippen LogP contribution in [0.25, 0.3) is 0 Å². The maximum Gasteiger partial charge on any atom is 0.348 e. The Labute approximate surface area is 106 Å². The minimum atomic E-state index is -0.710. The number of carbonyl (C=O) groups is 2. The third-order valence-electron chi connectivity index (χ3n) is 1.95. The van der Waals surface area contributed by atoms with Gasteiger partial charge < -0.3 is 5.32 Å². The minimum absolute atomic E-state index is 0.114. The molecule has 9 heteroatoms. The van der Waals surface area contributed by atoms with Gasteiger partial charge in [0.2, 0.25) is 0 Å². The number of amides is 3. The first-order valence-corrected chi connectivity index (χ1v) is 5.00. The Bertz CT molecular complexity index is 576. The van der Waals surface area contributed by atoms with Crippen LogP contribution in [0.4, 0.5) is 10.6 Å². The fourth-order valence-corrected chi connectivity index (χ4v) is 1.29. The molecular formula is C9H5ClN6O2. The molecule has 18 heavy (non-hydrogen) atoms. The quantitative estimate of drug-likeness (QED) is 0.455. The van der Waals surface area contributed by atoms with E-state index in [0.717, 1.165) is 6.08 Å². The number of carbonyl (C=O) groups excluding carboxylic acids is 2. The summed E-state index contributed by atoms with van der Waals surface area (Å²) in [5.41, 5.74) is 2.33. The number of nitriles is 1. The number of rotatable bonds is 2. The summed E-state index contributed by atoms with van der Waals surface area (Å²) in [5, 5.41) is 18.7. The van der Waals surface area contributed by atoms with Crippen molar-refractivity contribution in [2.75, 3.05) is 5.43 Å². The lowest BCUT2D eigenvalue weighted by Gasteiger charge is -2.12. The molecule has 0 aromatic carbocycles. The molecule has 0 unspecified atom stereocenters. The van der Waals surface area contributed by atoms with E-state index < -0.39 is 11.9 Å². The molecule has 1 saturated heterocycles. The molecule has 0 aliphatic carbocycles. The summed E-state index contributed by atoms with van der Waals surface area (Å²) in [7, 11) is 0. The fourth-order valence-electron chi connectivity index (χ4n) is 1.19. The number of anilines is 1. The molecule has 1 aromatic heterocycles. The van der Waals surface area contributed by atoms with E-state index in [9.17, 15) is 9.59 Å². The first-order chi connectivity index (χ1) is 8.61. The van der Waals surface area contributed by atoms with Crippen LogP contribution < -0.4 is 10.7 Å². The van der Waals surface area contributed by atoms with Gasteiger partial charge >= 0.3 is 6.03 Å². The second-order valence-corrected chi connectivity index (χ2v) is 3.50. The van der Waals surface area contributed by atoms with Gasteiger partial charge in [-0.15, -0.1) is 10.2 Å². The first kappa shape index (κ1) is 11.8. The summed E-state index contributed by atoms with van der Waals surface area (Å²) in [5.74, 6) is -0.514. The summed E-state index contributed by atoms with van der Waals surface area (Å²) >= 11 is 5.54. The topological polar surface area (TPSA) is 111 Å². The third-order valence-corrected chi connectivity index (χ3v) is 2.15. The molecule has 8 nitrogen and oxygen atoms in total. The van der Waals surface area contributed by atoms with Crippen molar-refractivity contribution in [1.82, 2.24) is 20.5 Å². The number of aromatic nitrogens is 2. The highest BCUT2D eigenvalue weighted by Crippen LogP contribution is 2.12. The van der Waals surface area contributed by atoms with Crippen LogP contribution in [-0.2, 0) is 4.79 Å². The van der Waals surface area contributed by atoms with Gasteiger partial charge in [-0.3, -0.25) is 10.2 Å². The Morgan fingerprint density at radius 2 is 2.22 bits per heavy atom. The first-order valence-electron chi connectivity index (χ1n) is 4.63. The largest absolute Gasteiger partial charge is 0.348 e. The Kier molecular flexibility index (Phi) is 3.07. The number of urea groups is 1. The number of hydrogen-bond donors (Lipinski definition) is 2. The van der Waals surface area contributed by atoms with Gasteiger partial charge in [-0.25, -0.2) is 4.79 Å². The van der Waals surface area contributed by atoms with Gasteiger partial charge in [0.15, 0.2) is 11.0 Å². The smallest absolute Gasteiger partial charge is 0.300 e. The predicted molar refractivity (Wildman–Crippen MR) is 59.7 cm³/mol. The molecule has 2 N–H and O–H groups in total. The van der Waals surface area contributed by atoms with Crippen LogP contribution in [0.5, 0.6) is 0 Å². The Balaban J connectivity index is 2.18. The van der Waals surface area contributed by atoms with E-state index in [1.807, 2.05) is 0 Å². The van der Waals surface area contributed by atoms with Crippen molar-refractivity contribution in [3.8, 4) is 6.07 Å². The van der Waals surface area contributed by atoms with Crippen LogP contribution >= 0.6 is 11.6 Å². The van der Waals surface area contributed by atoms with Gasteiger partial charge in [0.25, 0.3) is 5.91 Å². The van der Waals surface area contributed by atoms with E-state index in [1.54, 1.807) is 6.07 Å². The summed E-state index contributed by atoms with van der Waals surface area (Å²) in [6.07, 6.45) is 0.940. The highest BCUT2D eigenvalue weighted by Gasteiger charge is 2.34. The average Bonchev–Trinajstić information content (AvgIpc) is 2.60. The van der Waals surface area contributed by atoms with Crippen molar-refractivity contribution in [1.29, 1.82) is 5.26 Å². The molecule has 0 spiro atoms. The molecule has 3 amide bonds. The van der Waals surface area contributed by atoms with E-state index in [1.165, 1.54) is 12.1 Å². The zero-order valence-electron chi connectivity index (χ0n) is 8.72. The lowest BCUT2D eigenvalue weighted by Crippen LogP contribution is -2.36. The van der Waals surface area contributed by atoms with Crippen LogP contribution in [-0.4, -0.2) is 27.1 Å². The number of nitrogens with one attached hydrogen (secondary N) is 2. The Morgan fingerprint density at radius 3 is 2.83 bits per heavy atom. The van der Waals surface area contributed by atoms with E-state index in [0.29, 0.717) is 5.01 Å². The second-order valence-electron chi connectivity index (χ2n) is 3.11. The highest BCUT2D eigenvalue weighted by atomic mass is 35.5. The molecule has 0 saturated carbocycles. The summed E-state index contributed by atoms with van der Waals surface area (Å²) < 4.78 is 0. The standard InChI is InChI=1S/C9H5ClN6O2/c10-6-1-2-7(14-13-6)15-16-8(17)5(3-4-11)12-9(16)18/h1-3H,(H,12,18)(H,14,15)/b5-3-. The molecule has 0 bridgehead atoms. The monoisotopic (exact) mass is 264 g/mol. The van der Waals surface area contributed by atoms with Gasteiger partial charge in [0.05, 0.1) is 6.07 Å². The van der Waals surface area contributed by atoms with Crippen LogP contribution in [0.3, 0.4) is 0 Å². The maximum absolute atomic E-state index is 11.7. The molecule has 2 heterocycles. The van der Waals surface area contributed by atoms with E-state index in [4.69, 9.17) is 16.9 Å². The molecular weight excluding hydrogens is 260 g/mol. The molecule has 0 radical (unpaired) electrons. The van der Waals surface area contributed by atoms with E-state index >= 15 is 0 Å². The Hall–Kier alpha value is -2.66. The van der Waals surface area contributed by atoms with Crippen molar-refractivity contribution < 1.29 is 9.59 Å². The number of halogens is 1. The highest BCUT2D eigenvalue weighted by molar-refractivity contribution is 6.29. The zero-order chi connectivity index (χ0) is 13.1. The lowest BCUT2D eigenvalue weighted by molar-refractivity contribution is -0.122. The Morgan fingerprint density at radius 1 is 1.44 bits per heavy atom. The van der Waals surface area contributed by atoms with Crippen LogP contribution in [0.15, 0.2) is 23.9 Å².